The molecule has 94 valence electrons. The average molecular weight is 252 g/mol. The van der Waals surface area contributed by atoms with Gasteiger partial charge in [0.25, 0.3) is 10.2 Å². The van der Waals surface area contributed by atoms with Crippen molar-refractivity contribution in [3.63, 3.8) is 0 Å². The number of carbonyl (C=O) groups is 1. The van der Waals surface area contributed by atoms with Crippen molar-refractivity contribution < 1.29 is 17.9 Å². The molecule has 1 amide bonds. The van der Waals surface area contributed by atoms with E-state index in [1.165, 1.54) is 4.31 Å². The topological polar surface area (TPSA) is 114 Å². The normalized spacial score (nSPS) is 18.2. The lowest BCUT2D eigenvalue weighted by Crippen LogP contribution is -2.50. The first-order chi connectivity index (χ1) is 7.52. The van der Waals surface area contributed by atoms with Crippen LogP contribution in [0.4, 0.5) is 4.79 Å². The van der Waals surface area contributed by atoms with Crippen LogP contribution in [-0.4, -0.2) is 58.1 Å². The van der Waals surface area contributed by atoms with Gasteiger partial charge < -0.3 is 15.8 Å². The van der Waals surface area contributed by atoms with Crippen LogP contribution in [-0.2, 0) is 14.9 Å². The maximum Gasteiger partial charge on any atom is 0.404 e. The van der Waals surface area contributed by atoms with Gasteiger partial charge in [-0.15, -0.1) is 0 Å². The number of rotatable bonds is 5. The largest absolute Gasteiger partial charge is 0.448 e. The van der Waals surface area contributed by atoms with Crippen molar-refractivity contribution in [2.75, 3.05) is 39.3 Å². The van der Waals surface area contributed by atoms with Crippen molar-refractivity contribution in [3.8, 4) is 0 Å². The van der Waals surface area contributed by atoms with Gasteiger partial charge in [-0.05, 0) is 0 Å². The summed E-state index contributed by atoms with van der Waals surface area (Å²) in [6, 6.07) is 0. The van der Waals surface area contributed by atoms with Gasteiger partial charge >= 0.3 is 6.09 Å². The van der Waals surface area contributed by atoms with Gasteiger partial charge in [0.15, 0.2) is 0 Å². The predicted molar refractivity (Wildman–Crippen MR) is 56.9 cm³/mol. The van der Waals surface area contributed by atoms with Crippen LogP contribution in [0.15, 0.2) is 0 Å². The zero-order valence-electron chi connectivity index (χ0n) is 8.81. The van der Waals surface area contributed by atoms with Crippen LogP contribution in [0.25, 0.3) is 0 Å². The van der Waals surface area contributed by atoms with Crippen LogP contribution in [0.2, 0.25) is 0 Å². The standard InChI is InChI=1S/C7H16N4O4S/c8-7(12)15-6-3-10-16(13,14)11-4-1-9-2-5-11/h9-10H,1-6H2,(H2,8,12). The molecule has 0 aromatic heterocycles. The second-order valence-corrected chi connectivity index (χ2v) is 4.97. The zero-order valence-corrected chi connectivity index (χ0v) is 9.62. The highest BCUT2D eigenvalue weighted by molar-refractivity contribution is 7.87. The molecule has 0 aromatic carbocycles. The van der Waals surface area contributed by atoms with E-state index in [0.29, 0.717) is 26.2 Å². The van der Waals surface area contributed by atoms with Gasteiger partial charge in [0, 0.05) is 32.7 Å². The van der Waals surface area contributed by atoms with Crippen LogP contribution in [0.5, 0.6) is 0 Å². The quantitative estimate of drug-likeness (QED) is 0.481. The molecule has 0 atom stereocenters. The summed E-state index contributed by atoms with van der Waals surface area (Å²) in [5.74, 6) is 0. The van der Waals surface area contributed by atoms with E-state index >= 15 is 0 Å². The fourth-order valence-corrected chi connectivity index (χ4v) is 2.49. The van der Waals surface area contributed by atoms with Crippen LogP contribution >= 0.6 is 0 Å². The van der Waals surface area contributed by atoms with E-state index in [2.05, 4.69) is 14.8 Å². The number of hydrogen-bond acceptors (Lipinski definition) is 5. The summed E-state index contributed by atoms with van der Waals surface area (Å²) in [6.45, 7) is 2.10. The predicted octanol–water partition coefficient (Wildman–Crippen LogP) is -2.18. The van der Waals surface area contributed by atoms with E-state index in [-0.39, 0.29) is 13.2 Å². The van der Waals surface area contributed by atoms with E-state index in [1.807, 2.05) is 0 Å². The highest BCUT2D eigenvalue weighted by Crippen LogP contribution is 1.99. The first kappa shape index (κ1) is 13.2. The maximum atomic E-state index is 11.6. The lowest BCUT2D eigenvalue weighted by molar-refractivity contribution is 0.159. The number of ether oxygens (including phenoxy) is 1. The molecule has 0 bridgehead atoms. The Morgan fingerprint density at radius 1 is 1.44 bits per heavy atom. The summed E-state index contributed by atoms with van der Waals surface area (Å²) in [5.41, 5.74) is 4.73. The molecule has 0 aliphatic carbocycles. The van der Waals surface area contributed by atoms with Crippen molar-refractivity contribution in [3.05, 3.63) is 0 Å². The zero-order chi connectivity index (χ0) is 12.0. The third kappa shape index (κ3) is 4.31. The average Bonchev–Trinajstić information content (AvgIpc) is 2.26. The molecular formula is C7H16N4O4S. The Morgan fingerprint density at radius 3 is 2.62 bits per heavy atom. The van der Waals surface area contributed by atoms with Gasteiger partial charge in [-0.2, -0.15) is 17.4 Å². The monoisotopic (exact) mass is 252 g/mol. The van der Waals surface area contributed by atoms with Crippen molar-refractivity contribution in [2.45, 2.75) is 0 Å². The van der Waals surface area contributed by atoms with Gasteiger partial charge in [0.1, 0.15) is 6.61 Å². The van der Waals surface area contributed by atoms with Crippen LogP contribution in [0.1, 0.15) is 0 Å². The molecule has 1 heterocycles. The number of primary amides is 1. The minimum absolute atomic E-state index is 0.0230. The Bertz CT molecular complexity index is 325. The summed E-state index contributed by atoms with van der Waals surface area (Å²) >= 11 is 0. The maximum absolute atomic E-state index is 11.6. The van der Waals surface area contributed by atoms with E-state index in [1.54, 1.807) is 0 Å². The highest BCUT2D eigenvalue weighted by atomic mass is 32.2. The number of hydrogen-bond donors (Lipinski definition) is 3. The van der Waals surface area contributed by atoms with E-state index < -0.39 is 16.3 Å². The number of amides is 1. The molecule has 0 unspecified atom stereocenters. The van der Waals surface area contributed by atoms with Gasteiger partial charge in [-0.25, -0.2) is 4.79 Å². The molecule has 1 fully saturated rings. The molecule has 1 aliphatic rings. The van der Waals surface area contributed by atoms with Gasteiger partial charge in [-0.3, -0.25) is 0 Å². The number of nitrogens with zero attached hydrogens (tertiary/aromatic N) is 1. The second kappa shape index (κ2) is 5.99. The van der Waals surface area contributed by atoms with E-state index in [4.69, 9.17) is 5.73 Å². The highest BCUT2D eigenvalue weighted by Gasteiger charge is 2.22. The summed E-state index contributed by atoms with van der Waals surface area (Å²) in [4.78, 5) is 10.2. The fourth-order valence-electron chi connectivity index (χ4n) is 1.30. The fraction of sp³-hybridized carbons (Fsp3) is 0.857. The Kier molecular flexibility index (Phi) is 4.93. The first-order valence-corrected chi connectivity index (χ1v) is 6.34. The first-order valence-electron chi connectivity index (χ1n) is 4.90. The smallest absolute Gasteiger partial charge is 0.404 e. The molecule has 9 heteroatoms. The third-order valence-corrected chi connectivity index (χ3v) is 3.66. The molecule has 0 spiro atoms. The molecule has 16 heavy (non-hydrogen) atoms. The number of nitrogens with two attached hydrogens (primary N) is 1. The van der Waals surface area contributed by atoms with Crippen molar-refractivity contribution >= 4 is 16.3 Å². The Hall–Kier alpha value is -0.900. The molecular weight excluding hydrogens is 236 g/mol. The molecule has 8 nitrogen and oxygen atoms in total. The van der Waals surface area contributed by atoms with Gasteiger partial charge in [0.2, 0.25) is 0 Å². The number of carbonyl (C=O) groups excluding carboxylic acids is 1. The summed E-state index contributed by atoms with van der Waals surface area (Å²) < 4.78 is 31.4. The Balaban J connectivity index is 2.30. The number of piperazine rings is 1. The number of nitrogens with one attached hydrogen (secondary N) is 2. The van der Waals surface area contributed by atoms with Crippen molar-refractivity contribution in [2.24, 2.45) is 5.73 Å². The van der Waals surface area contributed by atoms with Gasteiger partial charge in [-0.1, -0.05) is 0 Å². The van der Waals surface area contributed by atoms with Crippen molar-refractivity contribution in [1.82, 2.24) is 14.3 Å². The molecule has 0 radical (unpaired) electrons. The Labute approximate surface area is 94.3 Å². The summed E-state index contributed by atoms with van der Waals surface area (Å²) in [5, 5.41) is 3.05. The third-order valence-electron chi connectivity index (χ3n) is 2.05. The molecule has 1 rings (SSSR count). The SMILES string of the molecule is NC(=O)OCCNS(=O)(=O)N1CCNCC1. The molecule has 4 N–H and O–H groups in total. The molecule has 0 saturated carbocycles. The second-order valence-electron chi connectivity index (χ2n) is 3.22. The lowest BCUT2D eigenvalue weighted by Gasteiger charge is -2.26. The van der Waals surface area contributed by atoms with E-state index in [9.17, 15) is 13.2 Å². The van der Waals surface area contributed by atoms with Crippen molar-refractivity contribution in [1.29, 1.82) is 0 Å². The summed E-state index contributed by atoms with van der Waals surface area (Å²) in [6.07, 6.45) is -0.915. The van der Waals surface area contributed by atoms with Crippen LogP contribution in [0.3, 0.4) is 0 Å². The minimum Gasteiger partial charge on any atom is -0.448 e. The lowest BCUT2D eigenvalue weighted by atomic mass is 10.4. The minimum atomic E-state index is -3.47. The van der Waals surface area contributed by atoms with Crippen LogP contribution < -0.4 is 15.8 Å². The van der Waals surface area contributed by atoms with Crippen LogP contribution in [0, 0.1) is 0 Å². The van der Waals surface area contributed by atoms with Gasteiger partial charge in [0.05, 0.1) is 0 Å². The van der Waals surface area contributed by atoms with E-state index in [0.717, 1.165) is 0 Å². The Morgan fingerprint density at radius 2 is 2.06 bits per heavy atom. The molecule has 0 aromatic rings. The molecule has 1 aliphatic heterocycles. The summed E-state index contributed by atoms with van der Waals surface area (Å²) in [7, 11) is -3.47. The molecule has 1 saturated heterocycles.